The zero-order valence-corrected chi connectivity index (χ0v) is 11.7. The van der Waals surface area contributed by atoms with Gasteiger partial charge in [0.05, 0.1) is 0 Å². The van der Waals surface area contributed by atoms with Gasteiger partial charge in [0.15, 0.2) is 0 Å². The zero-order chi connectivity index (χ0) is 12.3. The van der Waals surface area contributed by atoms with Crippen molar-refractivity contribution in [3.8, 4) is 0 Å². The van der Waals surface area contributed by atoms with E-state index in [0.717, 1.165) is 35.1 Å². The molecule has 1 aromatic carbocycles. The molecule has 94 valence electrons. The van der Waals surface area contributed by atoms with Gasteiger partial charge in [0.2, 0.25) is 0 Å². The lowest BCUT2D eigenvalue weighted by atomic mass is 9.65. The van der Waals surface area contributed by atoms with Gasteiger partial charge in [0.25, 0.3) is 0 Å². The normalized spacial score (nSPS) is 17.8. The van der Waals surface area contributed by atoms with Crippen molar-refractivity contribution in [2.24, 2.45) is 5.41 Å². The molecule has 1 aromatic rings. The van der Waals surface area contributed by atoms with Crippen molar-refractivity contribution >= 4 is 23.2 Å². The van der Waals surface area contributed by atoms with Gasteiger partial charge < -0.3 is 5.32 Å². The minimum atomic E-state index is 0.380. The highest BCUT2D eigenvalue weighted by Gasteiger charge is 2.37. The largest absolute Gasteiger partial charge is 0.316 e. The molecule has 1 fully saturated rings. The molecule has 0 atom stereocenters. The first-order valence-corrected chi connectivity index (χ1v) is 7.06. The summed E-state index contributed by atoms with van der Waals surface area (Å²) in [6, 6.07) is 5.77. The smallest absolute Gasteiger partial charge is 0.0453 e. The van der Waals surface area contributed by atoms with Crippen molar-refractivity contribution in [3.63, 3.8) is 0 Å². The van der Waals surface area contributed by atoms with Gasteiger partial charge >= 0.3 is 0 Å². The molecule has 0 bridgehead atoms. The van der Waals surface area contributed by atoms with Crippen LogP contribution in [0.1, 0.15) is 31.7 Å². The molecule has 0 spiro atoms. The zero-order valence-electron chi connectivity index (χ0n) is 10.2. The Labute approximate surface area is 114 Å². The Hall–Kier alpha value is -0.240. The first-order valence-electron chi connectivity index (χ1n) is 6.30. The standard InChI is InChI=1S/C14H19Cl2N/c1-2-17-10-14(7-4-8-14)9-11-12(15)5-3-6-13(11)16/h3,5-6,17H,2,4,7-10H2,1H3. The molecule has 0 unspecified atom stereocenters. The van der Waals surface area contributed by atoms with Gasteiger partial charge in [-0.15, -0.1) is 0 Å². The minimum absolute atomic E-state index is 0.380. The van der Waals surface area contributed by atoms with E-state index < -0.39 is 0 Å². The lowest BCUT2D eigenvalue weighted by molar-refractivity contribution is 0.131. The maximum atomic E-state index is 6.25. The molecule has 0 aromatic heterocycles. The van der Waals surface area contributed by atoms with E-state index in [4.69, 9.17) is 23.2 Å². The van der Waals surface area contributed by atoms with E-state index >= 15 is 0 Å². The first kappa shape index (κ1) is 13.2. The van der Waals surface area contributed by atoms with Crippen LogP contribution in [0.15, 0.2) is 18.2 Å². The van der Waals surface area contributed by atoms with Crippen molar-refractivity contribution in [1.82, 2.24) is 5.32 Å². The third-order valence-corrected chi connectivity index (χ3v) is 4.49. The molecule has 0 heterocycles. The lowest BCUT2D eigenvalue weighted by Gasteiger charge is -2.42. The average Bonchev–Trinajstić information content (AvgIpc) is 2.26. The van der Waals surface area contributed by atoms with Crippen molar-refractivity contribution in [2.45, 2.75) is 32.6 Å². The molecule has 1 aliphatic rings. The van der Waals surface area contributed by atoms with Crippen LogP contribution in [0.25, 0.3) is 0 Å². The summed E-state index contributed by atoms with van der Waals surface area (Å²) in [5.74, 6) is 0. The summed E-state index contributed by atoms with van der Waals surface area (Å²) in [6.07, 6.45) is 4.88. The molecular weight excluding hydrogens is 253 g/mol. The number of rotatable bonds is 5. The highest BCUT2D eigenvalue weighted by molar-refractivity contribution is 6.36. The Balaban J connectivity index is 2.13. The van der Waals surface area contributed by atoms with E-state index in [2.05, 4.69) is 12.2 Å². The number of hydrogen-bond donors (Lipinski definition) is 1. The van der Waals surface area contributed by atoms with Gasteiger partial charge in [-0.3, -0.25) is 0 Å². The van der Waals surface area contributed by atoms with Crippen LogP contribution in [0, 0.1) is 5.41 Å². The number of halogens is 2. The minimum Gasteiger partial charge on any atom is -0.316 e. The van der Waals surface area contributed by atoms with Gasteiger partial charge in [0.1, 0.15) is 0 Å². The second-order valence-electron chi connectivity index (χ2n) is 5.01. The topological polar surface area (TPSA) is 12.0 Å². The summed E-state index contributed by atoms with van der Waals surface area (Å²) >= 11 is 12.5. The molecule has 1 nitrogen and oxygen atoms in total. The van der Waals surface area contributed by atoms with Crippen molar-refractivity contribution < 1.29 is 0 Å². The predicted molar refractivity (Wildman–Crippen MR) is 75.0 cm³/mol. The van der Waals surface area contributed by atoms with Crippen LogP contribution in [-0.4, -0.2) is 13.1 Å². The molecule has 17 heavy (non-hydrogen) atoms. The van der Waals surface area contributed by atoms with Gasteiger partial charge in [-0.05, 0) is 48.9 Å². The Bertz CT molecular complexity index is 366. The van der Waals surface area contributed by atoms with Crippen LogP contribution in [0.4, 0.5) is 0 Å². The Morgan fingerprint density at radius 1 is 1.24 bits per heavy atom. The van der Waals surface area contributed by atoms with E-state index in [-0.39, 0.29) is 0 Å². The molecule has 1 N–H and O–H groups in total. The summed E-state index contributed by atoms with van der Waals surface area (Å²) in [6.45, 7) is 4.25. The Morgan fingerprint density at radius 3 is 2.35 bits per heavy atom. The fraction of sp³-hybridized carbons (Fsp3) is 0.571. The van der Waals surface area contributed by atoms with Crippen LogP contribution < -0.4 is 5.32 Å². The fourth-order valence-electron chi connectivity index (χ4n) is 2.56. The van der Waals surface area contributed by atoms with Gasteiger partial charge in [-0.2, -0.15) is 0 Å². The summed E-state index contributed by atoms with van der Waals surface area (Å²) in [4.78, 5) is 0. The molecule has 0 amide bonds. The second-order valence-corrected chi connectivity index (χ2v) is 5.83. The summed E-state index contributed by atoms with van der Waals surface area (Å²) in [5.41, 5.74) is 1.50. The van der Waals surface area contributed by atoms with Gasteiger partial charge in [-0.25, -0.2) is 0 Å². The lowest BCUT2D eigenvalue weighted by Crippen LogP contribution is -2.41. The SMILES string of the molecule is CCNCC1(Cc2c(Cl)cccc2Cl)CCC1. The Kier molecular flexibility index (Phi) is 4.35. The number of hydrogen-bond acceptors (Lipinski definition) is 1. The van der Waals surface area contributed by atoms with E-state index in [1.165, 1.54) is 19.3 Å². The molecule has 3 heteroatoms. The monoisotopic (exact) mass is 271 g/mol. The molecule has 0 aliphatic heterocycles. The number of benzene rings is 1. The van der Waals surface area contributed by atoms with Crippen LogP contribution in [0.2, 0.25) is 10.0 Å². The molecule has 1 saturated carbocycles. The first-order chi connectivity index (χ1) is 8.17. The van der Waals surface area contributed by atoms with Crippen LogP contribution in [-0.2, 0) is 6.42 Å². The maximum Gasteiger partial charge on any atom is 0.0453 e. The molecular formula is C14H19Cl2N. The van der Waals surface area contributed by atoms with Gasteiger partial charge in [-0.1, -0.05) is 42.6 Å². The van der Waals surface area contributed by atoms with Crippen LogP contribution >= 0.6 is 23.2 Å². The molecule has 1 aliphatic carbocycles. The highest BCUT2D eigenvalue weighted by atomic mass is 35.5. The third kappa shape index (κ3) is 2.96. The summed E-state index contributed by atoms with van der Waals surface area (Å²) in [5, 5.41) is 5.08. The second kappa shape index (κ2) is 5.60. The highest BCUT2D eigenvalue weighted by Crippen LogP contribution is 2.45. The van der Waals surface area contributed by atoms with Crippen LogP contribution in [0.3, 0.4) is 0 Å². The predicted octanol–water partition coefficient (Wildman–Crippen LogP) is 4.32. The van der Waals surface area contributed by atoms with Crippen molar-refractivity contribution in [3.05, 3.63) is 33.8 Å². The van der Waals surface area contributed by atoms with E-state index in [0.29, 0.717) is 5.41 Å². The third-order valence-electron chi connectivity index (χ3n) is 3.78. The van der Waals surface area contributed by atoms with Crippen molar-refractivity contribution in [2.75, 3.05) is 13.1 Å². The van der Waals surface area contributed by atoms with Gasteiger partial charge in [0, 0.05) is 16.6 Å². The maximum absolute atomic E-state index is 6.25. The number of nitrogens with one attached hydrogen (secondary N) is 1. The Morgan fingerprint density at radius 2 is 1.88 bits per heavy atom. The van der Waals surface area contributed by atoms with Crippen LogP contribution in [0.5, 0.6) is 0 Å². The summed E-state index contributed by atoms with van der Waals surface area (Å²) < 4.78 is 0. The van der Waals surface area contributed by atoms with Crippen molar-refractivity contribution in [1.29, 1.82) is 0 Å². The van der Waals surface area contributed by atoms with E-state index in [1.54, 1.807) is 0 Å². The molecule has 0 radical (unpaired) electrons. The van der Waals surface area contributed by atoms with E-state index in [1.807, 2.05) is 18.2 Å². The molecule has 0 saturated heterocycles. The molecule has 2 rings (SSSR count). The summed E-state index contributed by atoms with van der Waals surface area (Å²) in [7, 11) is 0. The average molecular weight is 272 g/mol. The van der Waals surface area contributed by atoms with E-state index in [9.17, 15) is 0 Å². The quantitative estimate of drug-likeness (QED) is 0.842. The fourth-order valence-corrected chi connectivity index (χ4v) is 3.09.